The molecule has 4 heavy (non-hydrogen) atoms. The van der Waals surface area contributed by atoms with E-state index in [-0.39, 0.29) is 34.7 Å². The normalized spacial score (nSPS) is 1.75. The summed E-state index contributed by atoms with van der Waals surface area (Å²) < 4.78 is 0. The van der Waals surface area contributed by atoms with E-state index in [0.717, 1.165) is 0 Å². The average molecular weight is 161 g/mol. The number of hydrogen-bond acceptors (Lipinski definition) is 0. The molecule has 0 bridgehead atoms. The van der Waals surface area contributed by atoms with Gasteiger partial charge in [-0.1, -0.05) is 0 Å². The van der Waals surface area contributed by atoms with Gasteiger partial charge >= 0.3 is 27.8 Å². The van der Waals surface area contributed by atoms with E-state index >= 15 is 0 Å². The fourth-order valence-corrected chi connectivity index (χ4v) is 0. The molecule has 0 fully saturated rings. The van der Waals surface area contributed by atoms with E-state index in [4.69, 9.17) is 0 Å². The van der Waals surface area contributed by atoms with Crippen LogP contribution in [0.1, 0.15) is 0 Å². The second kappa shape index (κ2) is 20.0. The van der Waals surface area contributed by atoms with Crippen molar-refractivity contribution in [2.45, 2.75) is 0 Å². The van der Waals surface area contributed by atoms with Crippen LogP contribution in [0.5, 0.6) is 0 Å². The van der Waals surface area contributed by atoms with Crippen molar-refractivity contribution < 1.29 is 37.1 Å². The molecule has 0 heterocycles. The zero-order valence-corrected chi connectivity index (χ0v) is 6.74. The second-order valence-corrected chi connectivity index (χ2v) is 0. The van der Waals surface area contributed by atoms with Crippen molar-refractivity contribution >= 4 is 25.5 Å². The van der Waals surface area contributed by atoms with Gasteiger partial charge in [-0.05, 0) is 0 Å². The molecule has 0 nitrogen and oxygen atoms in total. The molecule has 0 amide bonds. The summed E-state index contributed by atoms with van der Waals surface area (Å²) in [4.78, 5) is 0. The molecule has 4 heteroatoms. The van der Waals surface area contributed by atoms with Crippen LogP contribution in [0, 0.1) is 0 Å². The van der Waals surface area contributed by atoms with Gasteiger partial charge in [0.2, 0.25) is 0 Å². The maximum atomic E-state index is 2.14. The molecule has 0 radical (unpaired) electrons. The first-order valence-electron chi connectivity index (χ1n) is 0.500. The Morgan fingerprint density at radius 3 is 1.25 bits per heavy atom. The van der Waals surface area contributed by atoms with Crippen LogP contribution < -0.4 is 0 Å². The Balaban J connectivity index is -0.00000000500. The van der Waals surface area contributed by atoms with Gasteiger partial charge in [-0.15, -0.1) is 0 Å². The van der Waals surface area contributed by atoms with Gasteiger partial charge in [-0.2, -0.15) is 0 Å². The fourth-order valence-electron chi connectivity index (χ4n) is 0. The first-order chi connectivity index (χ1) is 1.00. The molecule has 0 aromatic heterocycles. The monoisotopic (exact) mass is 161 g/mol. The van der Waals surface area contributed by atoms with E-state index in [2.05, 4.69) is 19.7 Å². The van der Waals surface area contributed by atoms with Gasteiger partial charge in [-0.3, -0.25) is 0 Å². The minimum atomic E-state index is 0. The summed E-state index contributed by atoms with van der Waals surface area (Å²) in [6.45, 7) is 0. The Kier molecular flexibility index (Phi) is 83.5. The van der Waals surface area contributed by atoms with E-state index in [0.29, 0.717) is 0 Å². The third-order valence-electron chi connectivity index (χ3n) is 0. The first kappa shape index (κ1) is 16.7. The summed E-state index contributed by atoms with van der Waals surface area (Å²) in [6.07, 6.45) is 0. The van der Waals surface area contributed by atoms with Crippen LogP contribution in [0.15, 0.2) is 0 Å². The molecule has 0 rings (SSSR count). The molecule has 0 aliphatic rings. The van der Waals surface area contributed by atoms with E-state index in [9.17, 15) is 0 Å². The van der Waals surface area contributed by atoms with Crippen LogP contribution in [0.3, 0.4) is 0 Å². The first-order valence-corrected chi connectivity index (χ1v) is 6.18. The quantitative estimate of drug-likeness (QED) is 0.348. The van der Waals surface area contributed by atoms with Gasteiger partial charge in [0.1, 0.15) is 0 Å². The molecule has 0 saturated carbocycles. The zero-order chi connectivity index (χ0) is 2.00. The van der Waals surface area contributed by atoms with Gasteiger partial charge in [0.25, 0.3) is 0 Å². The van der Waals surface area contributed by atoms with Crippen LogP contribution >= 0.6 is 0 Å². The summed E-state index contributed by atoms with van der Waals surface area (Å²) >= 11 is 2.14. The van der Waals surface area contributed by atoms with Crippen molar-refractivity contribution in [1.82, 2.24) is 0 Å². The molecule has 0 atom stereocenters. The van der Waals surface area contributed by atoms with Crippen LogP contribution in [0.2, 0.25) is 0 Å². The minimum absolute atomic E-state index is 0. The van der Waals surface area contributed by atoms with Crippen molar-refractivity contribution in [2.75, 3.05) is 0 Å². The SMILES string of the molecule is [AlH3].[Cr].[SiH3][Ti]. The summed E-state index contributed by atoms with van der Waals surface area (Å²) in [6, 6.07) is 0. The van der Waals surface area contributed by atoms with Gasteiger partial charge in [0.15, 0.2) is 17.4 Å². The van der Waals surface area contributed by atoms with E-state index in [1.54, 1.807) is 0 Å². The molecule has 0 unspecified atom stereocenters. The van der Waals surface area contributed by atoms with E-state index < -0.39 is 0 Å². The number of hydrogen-bond donors (Lipinski definition) is 0. The van der Waals surface area contributed by atoms with Crippen molar-refractivity contribution in [3.8, 4) is 0 Å². The molecule has 0 aromatic carbocycles. The molecular formula is H6AlCrSiTi. The van der Waals surface area contributed by atoms with Crippen LogP contribution in [0.25, 0.3) is 0 Å². The standard InChI is InChI=1S/Al.Cr.H3Si.Ti.3H/h;;1H3;;;;. The van der Waals surface area contributed by atoms with Gasteiger partial charge in [0.05, 0.1) is 0 Å². The second-order valence-electron chi connectivity index (χ2n) is 0. The Labute approximate surface area is 62.0 Å². The van der Waals surface area contributed by atoms with E-state index in [1.165, 1.54) is 8.11 Å². The van der Waals surface area contributed by atoms with Gasteiger partial charge in [0, 0.05) is 17.4 Å². The average Bonchev–Trinajstić information content (AvgIpc) is 1.00. The third kappa shape index (κ3) is 9.00. The molecular weight excluding hydrogens is 155 g/mol. The van der Waals surface area contributed by atoms with Gasteiger partial charge in [-0.25, -0.2) is 0 Å². The Hall–Kier alpha value is 2.00. The van der Waals surface area contributed by atoms with Crippen LogP contribution in [-0.2, 0) is 37.1 Å². The Morgan fingerprint density at radius 2 is 1.25 bits per heavy atom. The van der Waals surface area contributed by atoms with E-state index in [1.807, 2.05) is 0 Å². The number of rotatable bonds is 0. The molecule has 0 saturated heterocycles. The van der Waals surface area contributed by atoms with Crippen LogP contribution in [-0.4, -0.2) is 25.5 Å². The van der Waals surface area contributed by atoms with Crippen LogP contribution in [0.4, 0.5) is 0 Å². The topological polar surface area (TPSA) is 0 Å². The molecule has 0 aliphatic heterocycles. The summed E-state index contributed by atoms with van der Waals surface area (Å²) in [5.74, 6) is 0. The summed E-state index contributed by atoms with van der Waals surface area (Å²) in [7, 11) is 1.31. The molecule has 0 spiro atoms. The molecule has 0 N–H and O–H groups in total. The van der Waals surface area contributed by atoms with Crippen molar-refractivity contribution in [2.24, 2.45) is 0 Å². The predicted molar refractivity (Wildman–Crippen MR) is 19.9 cm³/mol. The predicted octanol–water partition coefficient (Wildman–Crippen LogP) is -2.37. The maximum absolute atomic E-state index is 2.14. The Bertz CT molecular complexity index is 8.00. The Morgan fingerprint density at radius 1 is 1.25 bits per heavy atom. The van der Waals surface area contributed by atoms with Crippen molar-refractivity contribution in [3.05, 3.63) is 0 Å². The molecule has 0 aromatic rings. The molecule has 23 valence electrons. The van der Waals surface area contributed by atoms with Gasteiger partial charge < -0.3 is 0 Å². The zero-order valence-electron chi connectivity index (χ0n) is 1.91. The molecule has 0 aliphatic carbocycles. The van der Waals surface area contributed by atoms with Crippen molar-refractivity contribution in [1.29, 1.82) is 0 Å². The summed E-state index contributed by atoms with van der Waals surface area (Å²) in [5, 5.41) is 0. The van der Waals surface area contributed by atoms with Crippen molar-refractivity contribution in [3.63, 3.8) is 0 Å². The summed E-state index contributed by atoms with van der Waals surface area (Å²) in [5.41, 5.74) is 0. The fraction of sp³-hybridized carbons (Fsp3) is 0. The third-order valence-corrected chi connectivity index (χ3v) is 0.